The van der Waals surface area contributed by atoms with E-state index in [1.165, 1.54) is 0 Å². The Morgan fingerprint density at radius 2 is 1.16 bits per heavy atom. The topological polar surface area (TPSA) is 52.6 Å². The number of ether oxygens (including phenoxy) is 2. The van der Waals surface area contributed by atoms with Gasteiger partial charge in [-0.05, 0) is 31.1 Å². The number of rotatable bonds is 13. The molecule has 0 aliphatic rings. The average Bonchev–Trinajstić information content (AvgIpc) is 2.56. The van der Waals surface area contributed by atoms with E-state index in [4.69, 9.17) is 9.47 Å². The van der Waals surface area contributed by atoms with Crippen LogP contribution in [0, 0.1) is 11.8 Å². The molecule has 146 valence electrons. The van der Waals surface area contributed by atoms with Crippen LogP contribution in [0.4, 0.5) is 0 Å². The Kier molecular flexibility index (Phi) is 13.2. The van der Waals surface area contributed by atoms with Crippen molar-refractivity contribution in [3.8, 4) is 0 Å². The smallest absolute Gasteiger partial charge is 0.334 e. The van der Waals surface area contributed by atoms with E-state index in [1.54, 1.807) is 0 Å². The summed E-state index contributed by atoms with van der Waals surface area (Å²) in [5, 5.41) is 0. The standard InChI is InChI=1S/C21H38O4/c1-7-9-10-11-13-19(21(23)25-15-17(5)6)18(12-8-2)20(22)24-14-16(3)4/h16-17H,7-15H2,1-6H3. The van der Waals surface area contributed by atoms with Crippen LogP contribution in [0.5, 0.6) is 0 Å². The Morgan fingerprint density at radius 1 is 0.680 bits per heavy atom. The highest BCUT2D eigenvalue weighted by Crippen LogP contribution is 2.22. The zero-order valence-corrected chi connectivity index (χ0v) is 17.2. The minimum Gasteiger partial charge on any atom is -0.462 e. The van der Waals surface area contributed by atoms with Crippen molar-refractivity contribution in [1.29, 1.82) is 0 Å². The minimum atomic E-state index is -0.359. The molecule has 0 aliphatic heterocycles. The van der Waals surface area contributed by atoms with Gasteiger partial charge in [-0.15, -0.1) is 0 Å². The van der Waals surface area contributed by atoms with Gasteiger partial charge in [-0.3, -0.25) is 0 Å². The van der Waals surface area contributed by atoms with Gasteiger partial charge in [0.05, 0.1) is 13.2 Å². The van der Waals surface area contributed by atoms with Crippen LogP contribution in [-0.4, -0.2) is 25.2 Å². The van der Waals surface area contributed by atoms with E-state index in [1.807, 2.05) is 34.6 Å². The predicted octanol–water partition coefficient (Wildman–Crippen LogP) is 5.45. The molecule has 0 unspecified atom stereocenters. The molecule has 25 heavy (non-hydrogen) atoms. The molecule has 4 heteroatoms. The van der Waals surface area contributed by atoms with Crippen LogP contribution in [-0.2, 0) is 19.1 Å². The Balaban J connectivity index is 5.32. The van der Waals surface area contributed by atoms with E-state index in [-0.39, 0.29) is 23.8 Å². The van der Waals surface area contributed by atoms with Crippen LogP contribution in [0.15, 0.2) is 11.1 Å². The SMILES string of the molecule is CCCCCCC(C(=O)OCC(C)C)=C(CCC)C(=O)OCC(C)C. The molecule has 0 bridgehead atoms. The zero-order valence-electron chi connectivity index (χ0n) is 17.2. The lowest BCUT2D eigenvalue weighted by Crippen LogP contribution is -2.19. The van der Waals surface area contributed by atoms with Gasteiger partial charge >= 0.3 is 11.9 Å². The number of unbranched alkanes of at least 4 members (excludes halogenated alkanes) is 3. The molecule has 0 aromatic heterocycles. The Labute approximate surface area is 154 Å². The Morgan fingerprint density at radius 3 is 1.56 bits per heavy atom. The van der Waals surface area contributed by atoms with Gasteiger partial charge in [-0.2, -0.15) is 0 Å². The second-order valence-corrected chi connectivity index (χ2v) is 7.50. The summed E-state index contributed by atoms with van der Waals surface area (Å²) < 4.78 is 10.8. The molecule has 0 aromatic rings. The summed E-state index contributed by atoms with van der Waals surface area (Å²) in [6.07, 6.45) is 6.15. The molecule has 0 N–H and O–H groups in total. The average molecular weight is 355 g/mol. The summed E-state index contributed by atoms with van der Waals surface area (Å²) in [5.74, 6) is -0.168. The van der Waals surface area contributed by atoms with Crippen molar-refractivity contribution < 1.29 is 19.1 Å². The summed E-state index contributed by atoms with van der Waals surface area (Å²) in [6, 6.07) is 0. The van der Waals surface area contributed by atoms with Crippen LogP contribution < -0.4 is 0 Å². The monoisotopic (exact) mass is 354 g/mol. The van der Waals surface area contributed by atoms with E-state index in [0.717, 1.165) is 32.1 Å². The van der Waals surface area contributed by atoms with E-state index in [9.17, 15) is 9.59 Å². The third-order valence-corrected chi connectivity index (χ3v) is 3.73. The normalized spacial score (nSPS) is 12.3. The second-order valence-electron chi connectivity index (χ2n) is 7.50. The van der Waals surface area contributed by atoms with Crippen LogP contribution in [0.3, 0.4) is 0 Å². The van der Waals surface area contributed by atoms with Gasteiger partial charge < -0.3 is 9.47 Å². The highest BCUT2D eigenvalue weighted by atomic mass is 16.5. The maximum absolute atomic E-state index is 12.6. The fourth-order valence-corrected chi connectivity index (χ4v) is 2.39. The van der Waals surface area contributed by atoms with E-state index in [0.29, 0.717) is 37.2 Å². The number of carbonyl (C=O) groups excluding carboxylic acids is 2. The van der Waals surface area contributed by atoms with Crippen LogP contribution in [0.1, 0.15) is 86.5 Å². The number of hydrogen-bond donors (Lipinski definition) is 0. The molecule has 0 rings (SSSR count). The number of hydrogen-bond acceptors (Lipinski definition) is 4. The fraction of sp³-hybridized carbons (Fsp3) is 0.810. The molecule has 0 saturated heterocycles. The van der Waals surface area contributed by atoms with E-state index in [2.05, 4.69) is 6.92 Å². The largest absolute Gasteiger partial charge is 0.462 e. The molecule has 0 amide bonds. The summed E-state index contributed by atoms with van der Waals surface area (Å²) in [4.78, 5) is 25.1. The second kappa shape index (κ2) is 13.9. The first-order valence-corrected chi connectivity index (χ1v) is 9.89. The lowest BCUT2D eigenvalue weighted by Gasteiger charge is -2.16. The van der Waals surface area contributed by atoms with Crippen LogP contribution in [0.2, 0.25) is 0 Å². The number of carbonyl (C=O) groups is 2. The van der Waals surface area contributed by atoms with Gasteiger partial charge in [0.15, 0.2) is 0 Å². The summed E-state index contributed by atoms with van der Waals surface area (Å²) in [6.45, 7) is 12.9. The van der Waals surface area contributed by atoms with Crippen molar-refractivity contribution >= 4 is 11.9 Å². The lowest BCUT2D eigenvalue weighted by atomic mass is 9.98. The summed E-state index contributed by atoms with van der Waals surface area (Å²) in [7, 11) is 0. The van der Waals surface area contributed by atoms with Crippen molar-refractivity contribution in [2.45, 2.75) is 86.5 Å². The molecule has 0 aromatic carbocycles. The molecule has 4 nitrogen and oxygen atoms in total. The Bertz CT molecular complexity index is 422. The van der Waals surface area contributed by atoms with Crippen LogP contribution >= 0.6 is 0 Å². The molecule has 0 spiro atoms. The van der Waals surface area contributed by atoms with Crippen molar-refractivity contribution in [3.05, 3.63) is 11.1 Å². The zero-order chi connectivity index (χ0) is 19.2. The molecule has 0 saturated carbocycles. The van der Waals surface area contributed by atoms with Gasteiger partial charge in [0.2, 0.25) is 0 Å². The highest BCUT2D eigenvalue weighted by Gasteiger charge is 2.23. The Hall–Kier alpha value is -1.32. The summed E-state index contributed by atoms with van der Waals surface area (Å²) >= 11 is 0. The molecule has 0 aliphatic carbocycles. The van der Waals surface area contributed by atoms with Crippen molar-refractivity contribution in [2.24, 2.45) is 11.8 Å². The van der Waals surface area contributed by atoms with Gasteiger partial charge in [0.25, 0.3) is 0 Å². The number of esters is 2. The van der Waals surface area contributed by atoms with Gasteiger partial charge in [0.1, 0.15) is 0 Å². The fourth-order valence-electron chi connectivity index (χ4n) is 2.39. The highest BCUT2D eigenvalue weighted by molar-refractivity contribution is 6.00. The van der Waals surface area contributed by atoms with Gasteiger partial charge in [-0.25, -0.2) is 9.59 Å². The molecular formula is C21H38O4. The summed E-state index contributed by atoms with van der Waals surface area (Å²) in [5.41, 5.74) is 1.03. The predicted molar refractivity (Wildman–Crippen MR) is 102 cm³/mol. The molecule has 0 atom stereocenters. The van der Waals surface area contributed by atoms with E-state index >= 15 is 0 Å². The van der Waals surface area contributed by atoms with Crippen LogP contribution in [0.25, 0.3) is 0 Å². The first kappa shape index (κ1) is 23.7. The van der Waals surface area contributed by atoms with E-state index < -0.39 is 0 Å². The first-order chi connectivity index (χ1) is 11.8. The third kappa shape index (κ3) is 11.0. The molecular weight excluding hydrogens is 316 g/mol. The van der Waals surface area contributed by atoms with Crippen molar-refractivity contribution in [2.75, 3.05) is 13.2 Å². The minimum absolute atomic E-state index is 0.271. The quantitative estimate of drug-likeness (QED) is 0.251. The maximum atomic E-state index is 12.6. The molecule has 0 radical (unpaired) electrons. The molecule has 0 fully saturated rings. The van der Waals surface area contributed by atoms with Crippen molar-refractivity contribution in [1.82, 2.24) is 0 Å². The van der Waals surface area contributed by atoms with Gasteiger partial charge in [-0.1, -0.05) is 67.2 Å². The first-order valence-electron chi connectivity index (χ1n) is 9.89. The lowest BCUT2D eigenvalue weighted by molar-refractivity contribution is -0.143. The maximum Gasteiger partial charge on any atom is 0.334 e. The van der Waals surface area contributed by atoms with Gasteiger partial charge in [0, 0.05) is 11.1 Å². The third-order valence-electron chi connectivity index (χ3n) is 3.73. The van der Waals surface area contributed by atoms with Crippen molar-refractivity contribution in [3.63, 3.8) is 0 Å². The molecule has 0 heterocycles.